The van der Waals surface area contributed by atoms with Crippen LogP contribution < -0.4 is 9.47 Å². The first-order valence-corrected chi connectivity index (χ1v) is 8.77. The van der Waals surface area contributed by atoms with Crippen molar-refractivity contribution >= 4 is 23.6 Å². The van der Waals surface area contributed by atoms with Gasteiger partial charge in [0.25, 0.3) is 0 Å². The first-order chi connectivity index (χ1) is 13.2. The number of carboxylic acid groups (broad SMARTS) is 1. The molecule has 0 fully saturated rings. The summed E-state index contributed by atoms with van der Waals surface area (Å²) >= 11 is 6.14. The normalized spacial score (nSPS) is 18.7. The van der Waals surface area contributed by atoms with Gasteiger partial charge in [-0.1, -0.05) is 48.9 Å². The maximum absolute atomic E-state index is 13.7. The van der Waals surface area contributed by atoms with Crippen molar-refractivity contribution in [1.29, 1.82) is 0 Å². The quantitative estimate of drug-likeness (QED) is 0.705. The van der Waals surface area contributed by atoms with Crippen molar-refractivity contribution in [3.8, 4) is 11.5 Å². The maximum Gasteiger partial charge on any atom is 0.432 e. The number of benzene rings is 2. The Bertz CT molecular complexity index is 925. The molecule has 148 valence electrons. The van der Waals surface area contributed by atoms with E-state index in [1.165, 1.54) is 19.1 Å². The van der Waals surface area contributed by atoms with Crippen molar-refractivity contribution in [2.75, 3.05) is 0 Å². The molecule has 0 saturated carbocycles. The molecule has 1 N–H and O–H groups in total. The number of fused-ring (bicyclic) bond motifs is 1. The van der Waals surface area contributed by atoms with Crippen LogP contribution in [0.25, 0.3) is 6.08 Å². The fourth-order valence-electron chi connectivity index (χ4n) is 3.04. The van der Waals surface area contributed by atoms with Gasteiger partial charge >= 0.3 is 12.1 Å². The average Bonchev–Trinajstić information content (AvgIpc) is 2.65. The summed E-state index contributed by atoms with van der Waals surface area (Å²) in [5, 5.41) is 9.28. The van der Waals surface area contributed by atoms with Crippen molar-refractivity contribution in [3.63, 3.8) is 0 Å². The first kappa shape index (κ1) is 20.1. The molecule has 0 bridgehead atoms. The lowest BCUT2D eigenvalue weighted by Crippen LogP contribution is -2.54. The molecule has 4 nitrogen and oxygen atoms in total. The third-order valence-electron chi connectivity index (χ3n) is 4.49. The highest BCUT2D eigenvalue weighted by molar-refractivity contribution is 6.32. The lowest BCUT2D eigenvalue weighted by atomic mass is 9.85. The maximum atomic E-state index is 13.7. The number of carboxylic acids is 1. The fraction of sp³-hybridized carbons (Fsp3) is 0.250. The molecule has 0 saturated heterocycles. The Kier molecular flexibility index (Phi) is 5.30. The Balaban J connectivity index is 2.01. The summed E-state index contributed by atoms with van der Waals surface area (Å²) in [5.74, 6) is -1.65. The highest BCUT2D eigenvalue weighted by Gasteiger charge is 2.62. The summed E-state index contributed by atoms with van der Waals surface area (Å²) in [5.41, 5.74) is -2.87. The highest BCUT2D eigenvalue weighted by atomic mass is 35.5. The van der Waals surface area contributed by atoms with Gasteiger partial charge in [-0.15, -0.1) is 0 Å². The van der Waals surface area contributed by atoms with E-state index in [-0.39, 0.29) is 28.7 Å². The van der Waals surface area contributed by atoms with Crippen molar-refractivity contribution in [3.05, 3.63) is 64.2 Å². The van der Waals surface area contributed by atoms with Crippen molar-refractivity contribution in [2.24, 2.45) is 0 Å². The smallest absolute Gasteiger partial charge is 0.432 e. The van der Waals surface area contributed by atoms with Crippen LogP contribution in [0.3, 0.4) is 0 Å². The van der Waals surface area contributed by atoms with Gasteiger partial charge in [-0.2, -0.15) is 13.2 Å². The molecule has 1 aliphatic heterocycles. The zero-order chi connectivity index (χ0) is 20.5. The molecular formula is C20H16ClF3O4. The standard InChI is InChI=1S/C20H16ClF3O4/c1-2-19(20(22,23)24)15(18(25)26)9-13-8-14(10-16(21)17(13)28-19)27-11-12-6-4-3-5-7-12/h3-10H,2,11H2,1H3,(H,25,26). The van der Waals surface area contributed by atoms with E-state index in [1.807, 2.05) is 30.3 Å². The summed E-state index contributed by atoms with van der Waals surface area (Å²) in [7, 11) is 0. The van der Waals surface area contributed by atoms with Gasteiger partial charge in [0.1, 0.15) is 18.1 Å². The average molecular weight is 413 g/mol. The first-order valence-electron chi connectivity index (χ1n) is 8.39. The van der Waals surface area contributed by atoms with Crippen molar-refractivity contribution in [1.82, 2.24) is 0 Å². The largest absolute Gasteiger partial charge is 0.489 e. The van der Waals surface area contributed by atoms with Crippen molar-refractivity contribution in [2.45, 2.75) is 31.7 Å². The molecular weight excluding hydrogens is 397 g/mol. The Labute approximate surface area is 164 Å². The van der Waals surface area contributed by atoms with E-state index < -0.39 is 29.7 Å². The van der Waals surface area contributed by atoms with E-state index in [0.29, 0.717) is 0 Å². The number of aliphatic carboxylic acids is 1. The molecule has 1 unspecified atom stereocenters. The summed E-state index contributed by atoms with van der Waals surface area (Å²) in [6.45, 7) is 1.42. The van der Waals surface area contributed by atoms with E-state index in [2.05, 4.69) is 0 Å². The Hall–Kier alpha value is -2.67. The lowest BCUT2D eigenvalue weighted by Gasteiger charge is -2.39. The minimum absolute atomic E-state index is 0.0941. The summed E-state index contributed by atoms with van der Waals surface area (Å²) < 4.78 is 52.0. The van der Waals surface area contributed by atoms with Crippen LogP contribution in [0, 0.1) is 0 Å². The van der Waals surface area contributed by atoms with Gasteiger partial charge in [-0.05, 0) is 24.1 Å². The van der Waals surface area contributed by atoms with Gasteiger partial charge in [0.15, 0.2) is 0 Å². The molecule has 3 rings (SSSR count). The van der Waals surface area contributed by atoms with E-state index in [9.17, 15) is 23.1 Å². The number of alkyl halides is 3. The SMILES string of the molecule is CCC1(C(F)(F)F)Oc2c(Cl)cc(OCc3ccccc3)cc2C=C1C(=O)O. The topological polar surface area (TPSA) is 55.8 Å². The van der Waals surface area contributed by atoms with Crippen molar-refractivity contribution < 1.29 is 32.5 Å². The molecule has 0 amide bonds. The number of ether oxygens (including phenoxy) is 2. The Morgan fingerprint density at radius 2 is 1.93 bits per heavy atom. The second-order valence-corrected chi connectivity index (χ2v) is 6.65. The van der Waals surface area contributed by atoms with E-state index in [1.54, 1.807) is 0 Å². The molecule has 2 aromatic rings. The molecule has 0 aliphatic carbocycles. The van der Waals surface area contributed by atoms with E-state index in [0.717, 1.165) is 11.6 Å². The van der Waals surface area contributed by atoms with Crippen LogP contribution >= 0.6 is 11.6 Å². The third kappa shape index (κ3) is 3.54. The van der Waals surface area contributed by atoms with Crippen LogP contribution in [0.2, 0.25) is 5.02 Å². The molecule has 0 radical (unpaired) electrons. The monoisotopic (exact) mass is 412 g/mol. The van der Waals surface area contributed by atoms with Gasteiger partial charge in [0, 0.05) is 11.6 Å². The molecule has 2 aromatic carbocycles. The molecule has 1 heterocycles. The third-order valence-corrected chi connectivity index (χ3v) is 4.77. The summed E-state index contributed by atoms with van der Waals surface area (Å²) in [6.07, 6.45) is -4.61. The number of hydrogen-bond donors (Lipinski definition) is 1. The Morgan fingerprint density at radius 1 is 1.25 bits per heavy atom. The fourth-order valence-corrected chi connectivity index (χ4v) is 3.29. The molecule has 8 heteroatoms. The van der Waals surface area contributed by atoms with Crippen LogP contribution in [-0.2, 0) is 11.4 Å². The number of halogens is 4. The van der Waals surface area contributed by atoms with E-state index >= 15 is 0 Å². The van der Waals surface area contributed by atoms with Crippen LogP contribution in [0.4, 0.5) is 13.2 Å². The molecule has 1 aliphatic rings. The minimum atomic E-state index is -4.94. The summed E-state index contributed by atoms with van der Waals surface area (Å²) in [4.78, 5) is 11.6. The van der Waals surface area contributed by atoms with Crippen LogP contribution in [-0.4, -0.2) is 22.9 Å². The molecule has 0 spiro atoms. The van der Waals surface area contributed by atoms with Gasteiger partial charge in [-0.25, -0.2) is 4.79 Å². The van der Waals surface area contributed by atoms with Gasteiger partial charge < -0.3 is 14.6 Å². The summed E-state index contributed by atoms with van der Waals surface area (Å²) in [6, 6.07) is 12.0. The molecule has 1 atom stereocenters. The van der Waals surface area contributed by atoms with Crippen LogP contribution in [0.5, 0.6) is 11.5 Å². The predicted molar refractivity (Wildman–Crippen MR) is 97.5 cm³/mol. The van der Waals surface area contributed by atoms with Gasteiger partial charge in [0.05, 0.1) is 10.6 Å². The van der Waals surface area contributed by atoms with Crippen LogP contribution in [0.15, 0.2) is 48.0 Å². The second kappa shape index (κ2) is 7.39. The van der Waals surface area contributed by atoms with Crippen LogP contribution in [0.1, 0.15) is 24.5 Å². The zero-order valence-corrected chi connectivity index (χ0v) is 15.5. The van der Waals surface area contributed by atoms with Gasteiger partial charge in [0.2, 0.25) is 5.60 Å². The van der Waals surface area contributed by atoms with Gasteiger partial charge in [-0.3, -0.25) is 0 Å². The minimum Gasteiger partial charge on any atom is -0.489 e. The predicted octanol–water partition coefficient (Wildman–Crippen LogP) is 5.49. The number of carbonyl (C=O) groups is 1. The number of rotatable bonds is 5. The van der Waals surface area contributed by atoms with E-state index in [4.69, 9.17) is 21.1 Å². The molecule has 28 heavy (non-hydrogen) atoms. The zero-order valence-electron chi connectivity index (χ0n) is 14.7. The Morgan fingerprint density at radius 3 is 2.50 bits per heavy atom. The lowest BCUT2D eigenvalue weighted by molar-refractivity contribution is -0.236. The molecule has 0 aromatic heterocycles. The highest BCUT2D eigenvalue weighted by Crippen LogP contribution is 2.50. The second-order valence-electron chi connectivity index (χ2n) is 6.24. The number of hydrogen-bond acceptors (Lipinski definition) is 3.